The maximum absolute atomic E-state index is 12.3. The predicted molar refractivity (Wildman–Crippen MR) is 80.0 cm³/mol. The molecule has 0 aliphatic heterocycles. The van der Waals surface area contributed by atoms with Crippen LogP contribution in [0.2, 0.25) is 0 Å². The molecule has 20 heavy (non-hydrogen) atoms. The molecule has 100 valence electrons. The third kappa shape index (κ3) is 2.28. The summed E-state index contributed by atoms with van der Waals surface area (Å²) in [6.07, 6.45) is 1.86. The zero-order chi connectivity index (χ0) is 14.1. The second-order valence-electron chi connectivity index (χ2n) is 4.82. The lowest BCUT2D eigenvalue weighted by Gasteiger charge is -2.08. The number of hydrogen-bond acceptors (Lipinski definition) is 2. The summed E-state index contributed by atoms with van der Waals surface area (Å²) in [6.45, 7) is 3.81. The van der Waals surface area contributed by atoms with E-state index >= 15 is 0 Å². The first-order valence-electron chi connectivity index (χ1n) is 6.46. The van der Waals surface area contributed by atoms with Gasteiger partial charge in [-0.1, -0.05) is 6.07 Å². The minimum Gasteiger partial charge on any atom is -0.361 e. The Hall–Kier alpha value is -2.62. The molecule has 2 heterocycles. The molecule has 0 bridgehead atoms. The van der Waals surface area contributed by atoms with Crippen LogP contribution in [0.25, 0.3) is 10.9 Å². The second kappa shape index (κ2) is 4.81. The number of carbonyl (C=O) groups excluding carboxylic acids is 1. The van der Waals surface area contributed by atoms with Gasteiger partial charge in [0.1, 0.15) is 0 Å². The largest absolute Gasteiger partial charge is 0.361 e. The number of nitrogens with one attached hydrogen (secondary N) is 2. The van der Waals surface area contributed by atoms with Crippen LogP contribution in [-0.2, 0) is 0 Å². The molecule has 3 aromatic rings. The number of anilines is 1. The van der Waals surface area contributed by atoms with E-state index in [1.807, 2.05) is 56.4 Å². The number of aromatic amines is 1. The van der Waals surface area contributed by atoms with Crippen LogP contribution in [0.5, 0.6) is 0 Å². The number of nitrogens with zero attached hydrogens (tertiary/aromatic N) is 1. The number of pyridine rings is 1. The van der Waals surface area contributed by atoms with E-state index in [-0.39, 0.29) is 5.91 Å². The zero-order valence-corrected chi connectivity index (χ0v) is 11.4. The Bertz CT molecular complexity index is 789. The third-order valence-electron chi connectivity index (χ3n) is 3.29. The molecule has 4 nitrogen and oxygen atoms in total. The van der Waals surface area contributed by atoms with Crippen LogP contribution in [0.15, 0.2) is 42.6 Å². The molecular weight excluding hydrogens is 250 g/mol. The van der Waals surface area contributed by atoms with E-state index < -0.39 is 0 Å². The van der Waals surface area contributed by atoms with E-state index in [1.165, 1.54) is 0 Å². The van der Waals surface area contributed by atoms with Gasteiger partial charge in [0.05, 0.1) is 11.4 Å². The molecule has 1 amide bonds. The fourth-order valence-corrected chi connectivity index (χ4v) is 2.20. The molecule has 0 aliphatic carbocycles. The van der Waals surface area contributed by atoms with Crippen LogP contribution in [-0.4, -0.2) is 15.9 Å². The van der Waals surface area contributed by atoms with Crippen molar-refractivity contribution in [1.82, 2.24) is 9.97 Å². The van der Waals surface area contributed by atoms with Gasteiger partial charge < -0.3 is 10.3 Å². The molecule has 0 saturated carbocycles. The normalized spacial score (nSPS) is 10.7. The van der Waals surface area contributed by atoms with Crippen LogP contribution in [0.4, 0.5) is 5.69 Å². The number of hydrogen-bond donors (Lipinski definition) is 2. The number of H-pyrrole nitrogens is 1. The Morgan fingerprint density at radius 3 is 2.80 bits per heavy atom. The van der Waals surface area contributed by atoms with Crippen molar-refractivity contribution in [2.75, 3.05) is 5.32 Å². The summed E-state index contributed by atoms with van der Waals surface area (Å²) < 4.78 is 0. The molecule has 0 radical (unpaired) electrons. The topological polar surface area (TPSA) is 57.8 Å². The van der Waals surface area contributed by atoms with E-state index in [9.17, 15) is 4.79 Å². The van der Waals surface area contributed by atoms with Gasteiger partial charge in [-0.15, -0.1) is 0 Å². The fourth-order valence-electron chi connectivity index (χ4n) is 2.20. The molecule has 0 fully saturated rings. The molecule has 0 aliphatic rings. The Labute approximate surface area is 116 Å². The number of fused-ring (bicyclic) bond motifs is 1. The molecule has 3 rings (SSSR count). The Balaban J connectivity index is 1.88. The molecule has 0 saturated heterocycles. The first-order valence-corrected chi connectivity index (χ1v) is 6.46. The van der Waals surface area contributed by atoms with Crippen LogP contribution >= 0.6 is 0 Å². The van der Waals surface area contributed by atoms with Crippen LogP contribution in [0.3, 0.4) is 0 Å². The number of rotatable bonds is 2. The third-order valence-corrected chi connectivity index (χ3v) is 3.29. The van der Waals surface area contributed by atoms with Gasteiger partial charge in [0.15, 0.2) is 0 Å². The van der Waals surface area contributed by atoms with Crippen LogP contribution in [0.1, 0.15) is 21.7 Å². The quantitative estimate of drug-likeness (QED) is 0.745. The van der Waals surface area contributed by atoms with Crippen molar-refractivity contribution >= 4 is 22.5 Å². The molecule has 0 atom stereocenters. The lowest BCUT2D eigenvalue weighted by Crippen LogP contribution is -2.13. The van der Waals surface area contributed by atoms with Gasteiger partial charge >= 0.3 is 0 Å². The van der Waals surface area contributed by atoms with Crippen molar-refractivity contribution in [3.05, 3.63) is 59.5 Å². The monoisotopic (exact) mass is 265 g/mol. The van der Waals surface area contributed by atoms with Crippen molar-refractivity contribution in [2.24, 2.45) is 0 Å². The predicted octanol–water partition coefficient (Wildman–Crippen LogP) is 3.43. The van der Waals surface area contributed by atoms with Crippen molar-refractivity contribution in [3.8, 4) is 0 Å². The minimum atomic E-state index is -0.129. The molecular formula is C16H15N3O. The molecule has 2 aromatic heterocycles. The Morgan fingerprint density at radius 1 is 1.15 bits per heavy atom. The average molecular weight is 265 g/mol. The van der Waals surface area contributed by atoms with E-state index in [1.54, 1.807) is 0 Å². The van der Waals surface area contributed by atoms with Gasteiger partial charge in [-0.2, -0.15) is 0 Å². The molecule has 2 N–H and O–H groups in total. The Kier molecular flexibility index (Phi) is 2.99. The summed E-state index contributed by atoms with van der Waals surface area (Å²) in [7, 11) is 0. The second-order valence-corrected chi connectivity index (χ2v) is 4.82. The van der Waals surface area contributed by atoms with Gasteiger partial charge in [-0.05, 0) is 49.6 Å². The Morgan fingerprint density at radius 2 is 2.00 bits per heavy atom. The van der Waals surface area contributed by atoms with Crippen molar-refractivity contribution in [1.29, 1.82) is 0 Å². The lowest BCUT2D eigenvalue weighted by molar-refractivity contribution is 0.102. The minimum absolute atomic E-state index is 0.129. The summed E-state index contributed by atoms with van der Waals surface area (Å²) in [5.74, 6) is -0.129. The molecule has 0 spiro atoms. The molecule has 0 unspecified atom stereocenters. The maximum atomic E-state index is 12.3. The average Bonchev–Trinajstić information content (AvgIpc) is 2.89. The van der Waals surface area contributed by atoms with Crippen molar-refractivity contribution < 1.29 is 4.79 Å². The lowest BCUT2D eigenvalue weighted by atomic mass is 10.1. The van der Waals surface area contributed by atoms with Crippen LogP contribution < -0.4 is 5.32 Å². The van der Waals surface area contributed by atoms with E-state index in [0.29, 0.717) is 5.56 Å². The summed E-state index contributed by atoms with van der Waals surface area (Å²) in [6, 6.07) is 11.3. The first kappa shape index (κ1) is 12.4. The highest BCUT2D eigenvalue weighted by Gasteiger charge is 2.09. The standard InChI is InChI=1S/C16H15N3O/c1-10-3-6-14(11(2)18-10)19-16(20)13-5-4-12-7-8-17-15(12)9-13/h3-9,17H,1-2H3,(H,19,20). The van der Waals surface area contributed by atoms with Gasteiger partial charge in [0.2, 0.25) is 0 Å². The van der Waals surface area contributed by atoms with E-state index in [4.69, 9.17) is 0 Å². The van der Waals surface area contributed by atoms with Gasteiger partial charge in [0, 0.05) is 23.0 Å². The summed E-state index contributed by atoms with van der Waals surface area (Å²) in [5, 5.41) is 3.99. The fraction of sp³-hybridized carbons (Fsp3) is 0.125. The van der Waals surface area contributed by atoms with Gasteiger partial charge in [-0.25, -0.2) is 0 Å². The summed E-state index contributed by atoms with van der Waals surface area (Å²) in [5.41, 5.74) is 4.08. The van der Waals surface area contributed by atoms with Gasteiger partial charge in [-0.3, -0.25) is 9.78 Å². The van der Waals surface area contributed by atoms with E-state index in [2.05, 4.69) is 15.3 Å². The van der Waals surface area contributed by atoms with Crippen molar-refractivity contribution in [3.63, 3.8) is 0 Å². The molecule has 4 heteroatoms. The van der Waals surface area contributed by atoms with Gasteiger partial charge in [0.25, 0.3) is 5.91 Å². The molecule has 1 aromatic carbocycles. The van der Waals surface area contributed by atoms with E-state index in [0.717, 1.165) is 28.0 Å². The first-order chi connectivity index (χ1) is 9.63. The number of carbonyl (C=O) groups is 1. The smallest absolute Gasteiger partial charge is 0.255 e. The highest BCUT2D eigenvalue weighted by molar-refractivity contribution is 6.06. The van der Waals surface area contributed by atoms with Crippen molar-refractivity contribution in [2.45, 2.75) is 13.8 Å². The summed E-state index contributed by atoms with van der Waals surface area (Å²) >= 11 is 0. The highest BCUT2D eigenvalue weighted by Crippen LogP contribution is 2.17. The maximum Gasteiger partial charge on any atom is 0.255 e. The number of benzene rings is 1. The number of amides is 1. The summed E-state index contributed by atoms with van der Waals surface area (Å²) in [4.78, 5) is 19.7. The zero-order valence-electron chi connectivity index (χ0n) is 11.4. The number of aromatic nitrogens is 2. The SMILES string of the molecule is Cc1ccc(NC(=O)c2ccc3cc[nH]c3c2)c(C)n1. The highest BCUT2D eigenvalue weighted by atomic mass is 16.1. The number of aryl methyl sites for hydroxylation is 2. The van der Waals surface area contributed by atoms with Crippen LogP contribution in [0, 0.1) is 13.8 Å².